The molecule has 1 aromatic carbocycles. The molecule has 2 N–H and O–H groups in total. The zero-order valence-corrected chi connectivity index (χ0v) is 17.9. The highest BCUT2D eigenvalue weighted by atomic mass is 16.6. The SMILES string of the molecule is CCCCCCCCc1ccc([C@@H]2CC[C@](N)(C(C)(C)OC(C)=O)C2)cc1. The topological polar surface area (TPSA) is 52.3 Å². The second-order valence-corrected chi connectivity index (χ2v) is 8.96. The van der Waals surface area contributed by atoms with Crippen LogP contribution in [0.15, 0.2) is 24.3 Å². The number of carbonyl (C=O) groups is 1. The third kappa shape index (κ3) is 6.07. The van der Waals surface area contributed by atoms with E-state index in [1.54, 1.807) is 0 Å². The molecule has 0 amide bonds. The quantitative estimate of drug-likeness (QED) is 0.410. The van der Waals surface area contributed by atoms with Crippen LogP contribution >= 0.6 is 0 Å². The van der Waals surface area contributed by atoms with E-state index in [9.17, 15) is 4.79 Å². The van der Waals surface area contributed by atoms with Crippen molar-refractivity contribution in [2.45, 2.75) is 109 Å². The molecule has 1 aliphatic rings. The third-order valence-electron chi connectivity index (χ3n) is 6.42. The van der Waals surface area contributed by atoms with Gasteiger partial charge in [0.05, 0.1) is 5.54 Å². The van der Waals surface area contributed by atoms with E-state index >= 15 is 0 Å². The average Bonchev–Trinajstić information content (AvgIpc) is 3.02. The third-order valence-corrected chi connectivity index (χ3v) is 6.42. The van der Waals surface area contributed by atoms with Gasteiger partial charge < -0.3 is 10.5 Å². The Kier molecular flexibility index (Phi) is 7.91. The number of hydrogen-bond donors (Lipinski definition) is 1. The minimum Gasteiger partial charge on any atom is -0.458 e. The second-order valence-electron chi connectivity index (χ2n) is 8.96. The van der Waals surface area contributed by atoms with E-state index in [4.69, 9.17) is 10.5 Å². The molecule has 0 aromatic heterocycles. The summed E-state index contributed by atoms with van der Waals surface area (Å²) in [4.78, 5) is 11.4. The standard InChI is InChI=1S/C24H39NO2/c1-5-6-7-8-9-10-11-20-12-14-21(15-13-20)22-16-17-24(25,18-22)23(3,4)27-19(2)26/h12-15,22H,5-11,16-18,25H2,1-4H3/t22-,24-/m1/s1. The zero-order chi connectivity index (χ0) is 19.9. The summed E-state index contributed by atoms with van der Waals surface area (Å²) in [5.74, 6) is 0.195. The fraction of sp³-hybridized carbons (Fsp3) is 0.708. The summed E-state index contributed by atoms with van der Waals surface area (Å²) in [7, 11) is 0. The Balaban J connectivity index is 1.86. The lowest BCUT2D eigenvalue weighted by molar-refractivity contribution is -0.160. The molecule has 1 fully saturated rings. The normalized spacial score (nSPS) is 22.8. The first-order chi connectivity index (χ1) is 12.8. The highest BCUT2D eigenvalue weighted by Crippen LogP contribution is 2.45. The average molecular weight is 374 g/mol. The smallest absolute Gasteiger partial charge is 0.303 e. The second kappa shape index (κ2) is 9.73. The van der Waals surface area contributed by atoms with Gasteiger partial charge in [0.2, 0.25) is 0 Å². The van der Waals surface area contributed by atoms with Gasteiger partial charge in [0.15, 0.2) is 0 Å². The Bertz CT molecular complexity index is 593. The number of aryl methyl sites for hydroxylation is 1. The molecule has 27 heavy (non-hydrogen) atoms. The van der Waals surface area contributed by atoms with Gasteiger partial charge in [0.1, 0.15) is 5.60 Å². The fourth-order valence-corrected chi connectivity index (χ4v) is 4.43. The van der Waals surface area contributed by atoms with Crippen molar-refractivity contribution < 1.29 is 9.53 Å². The van der Waals surface area contributed by atoms with Crippen LogP contribution in [0.3, 0.4) is 0 Å². The number of hydrogen-bond acceptors (Lipinski definition) is 3. The van der Waals surface area contributed by atoms with Crippen LogP contribution in [0.4, 0.5) is 0 Å². The monoisotopic (exact) mass is 373 g/mol. The van der Waals surface area contributed by atoms with E-state index in [0.717, 1.165) is 19.3 Å². The largest absolute Gasteiger partial charge is 0.458 e. The summed E-state index contributed by atoms with van der Waals surface area (Å²) in [6.07, 6.45) is 12.0. The number of rotatable bonds is 10. The molecule has 0 heterocycles. The van der Waals surface area contributed by atoms with Crippen molar-refractivity contribution in [3.8, 4) is 0 Å². The molecule has 0 aliphatic heterocycles. The molecule has 0 radical (unpaired) electrons. The molecule has 0 unspecified atom stereocenters. The predicted molar refractivity (Wildman–Crippen MR) is 113 cm³/mol. The summed E-state index contributed by atoms with van der Waals surface area (Å²) >= 11 is 0. The van der Waals surface area contributed by atoms with Crippen LogP contribution in [-0.2, 0) is 16.0 Å². The van der Waals surface area contributed by atoms with Crippen LogP contribution in [0.5, 0.6) is 0 Å². The molecule has 3 heteroatoms. The van der Waals surface area contributed by atoms with Crippen LogP contribution in [0.1, 0.15) is 103 Å². The highest BCUT2D eigenvalue weighted by molar-refractivity contribution is 5.66. The number of nitrogens with two attached hydrogens (primary N) is 1. The lowest BCUT2D eigenvalue weighted by Gasteiger charge is -2.40. The highest BCUT2D eigenvalue weighted by Gasteiger charge is 2.49. The summed E-state index contributed by atoms with van der Waals surface area (Å²) < 4.78 is 5.54. The van der Waals surface area contributed by atoms with Gasteiger partial charge in [-0.25, -0.2) is 0 Å². The molecular weight excluding hydrogens is 334 g/mol. The van der Waals surface area contributed by atoms with E-state index < -0.39 is 11.1 Å². The molecule has 0 saturated heterocycles. The van der Waals surface area contributed by atoms with Gasteiger partial charge in [-0.2, -0.15) is 0 Å². The first kappa shape index (κ1) is 21.9. The van der Waals surface area contributed by atoms with Crippen molar-refractivity contribution in [2.75, 3.05) is 0 Å². The molecule has 3 nitrogen and oxygen atoms in total. The molecule has 2 rings (SSSR count). The summed E-state index contributed by atoms with van der Waals surface area (Å²) in [6, 6.07) is 9.13. The number of carbonyl (C=O) groups excluding carboxylic acids is 1. The molecule has 152 valence electrons. The number of unbranched alkanes of at least 4 members (excludes halogenated alkanes) is 5. The van der Waals surface area contributed by atoms with Crippen molar-refractivity contribution >= 4 is 5.97 Å². The van der Waals surface area contributed by atoms with Crippen molar-refractivity contribution in [2.24, 2.45) is 5.73 Å². The zero-order valence-electron chi connectivity index (χ0n) is 17.9. The first-order valence-electron chi connectivity index (χ1n) is 10.8. The van der Waals surface area contributed by atoms with Gasteiger partial charge in [-0.05, 0) is 63.0 Å². The molecule has 0 spiro atoms. The lowest BCUT2D eigenvalue weighted by atomic mass is 9.80. The maximum absolute atomic E-state index is 11.4. The number of esters is 1. The van der Waals surface area contributed by atoms with Crippen LogP contribution in [-0.4, -0.2) is 17.1 Å². The van der Waals surface area contributed by atoms with E-state index in [0.29, 0.717) is 5.92 Å². The minimum atomic E-state index is -0.634. The molecule has 1 aromatic rings. The number of ether oxygens (including phenoxy) is 1. The van der Waals surface area contributed by atoms with Crippen LogP contribution < -0.4 is 5.73 Å². The van der Waals surface area contributed by atoms with Crippen LogP contribution in [0, 0.1) is 0 Å². The Morgan fingerprint density at radius 3 is 2.41 bits per heavy atom. The van der Waals surface area contributed by atoms with Crippen molar-refractivity contribution in [3.05, 3.63) is 35.4 Å². The molecule has 1 saturated carbocycles. The van der Waals surface area contributed by atoms with Gasteiger partial charge in [0.25, 0.3) is 0 Å². The maximum atomic E-state index is 11.4. The Hall–Kier alpha value is -1.35. The van der Waals surface area contributed by atoms with E-state index in [1.165, 1.54) is 63.0 Å². The van der Waals surface area contributed by atoms with Gasteiger partial charge >= 0.3 is 5.97 Å². The Morgan fingerprint density at radius 1 is 1.15 bits per heavy atom. The van der Waals surface area contributed by atoms with Crippen molar-refractivity contribution in [1.29, 1.82) is 0 Å². The Labute approximate surface area is 166 Å². The summed E-state index contributed by atoms with van der Waals surface area (Å²) in [5, 5.41) is 0. The van der Waals surface area contributed by atoms with Gasteiger partial charge in [-0.3, -0.25) is 4.79 Å². The van der Waals surface area contributed by atoms with Gasteiger partial charge in [-0.15, -0.1) is 0 Å². The predicted octanol–water partition coefficient (Wildman–Crippen LogP) is 5.90. The molecular formula is C24H39NO2. The van der Waals surface area contributed by atoms with Crippen LogP contribution in [0.2, 0.25) is 0 Å². The lowest BCUT2D eigenvalue weighted by Crippen LogP contribution is -2.57. The fourth-order valence-electron chi connectivity index (χ4n) is 4.43. The minimum absolute atomic E-state index is 0.257. The van der Waals surface area contributed by atoms with Gasteiger partial charge in [-0.1, -0.05) is 63.3 Å². The van der Waals surface area contributed by atoms with Crippen molar-refractivity contribution in [3.63, 3.8) is 0 Å². The van der Waals surface area contributed by atoms with Crippen molar-refractivity contribution in [1.82, 2.24) is 0 Å². The van der Waals surface area contributed by atoms with E-state index in [1.807, 2.05) is 13.8 Å². The Morgan fingerprint density at radius 2 is 1.78 bits per heavy atom. The molecule has 0 bridgehead atoms. The van der Waals surface area contributed by atoms with Crippen LogP contribution in [0.25, 0.3) is 0 Å². The summed E-state index contributed by atoms with van der Waals surface area (Å²) in [5.41, 5.74) is 8.39. The molecule has 2 atom stereocenters. The summed E-state index contributed by atoms with van der Waals surface area (Å²) in [6.45, 7) is 7.61. The first-order valence-corrected chi connectivity index (χ1v) is 10.8. The number of benzene rings is 1. The van der Waals surface area contributed by atoms with E-state index in [2.05, 4.69) is 31.2 Å². The van der Waals surface area contributed by atoms with E-state index in [-0.39, 0.29) is 5.97 Å². The maximum Gasteiger partial charge on any atom is 0.303 e. The van der Waals surface area contributed by atoms with Gasteiger partial charge in [0, 0.05) is 6.92 Å². The molecule has 1 aliphatic carbocycles.